The highest BCUT2D eigenvalue weighted by atomic mass is 16.6. The van der Waals surface area contributed by atoms with Crippen molar-refractivity contribution in [1.29, 1.82) is 0 Å². The van der Waals surface area contributed by atoms with Crippen LogP contribution in [0.5, 0.6) is 0 Å². The summed E-state index contributed by atoms with van der Waals surface area (Å²) in [4.78, 5) is 15.4. The number of pyridine rings is 1. The van der Waals surface area contributed by atoms with Crippen LogP contribution in [-0.2, 0) is 0 Å². The topological polar surface area (TPSA) is 56.0 Å². The molecule has 0 fully saturated rings. The number of rotatable bonds is 3. The number of aromatic nitrogens is 1. The molecule has 0 saturated heterocycles. The first-order chi connectivity index (χ1) is 12.6. The SMILES string of the molecule is Cc1ccc2c(-c3ccc([N+](=O)[O-])cc3)cc(-c3ccccc3)nc2c1. The van der Waals surface area contributed by atoms with E-state index in [0.29, 0.717) is 0 Å². The average Bonchev–Trinajstić information content (AvgIpc) is 2.67. The van der Waals surface area contributed by atoms with E-state index in [2.05, 4.69) is 18.2 Å². The van der Waals surface area contributed by atoms with E-state index in [4.69, 9.17) is 4.98 Å². The van der Waals surface area contributed by atoms with Gasteiger partial charge in [0, 0.05) is 23.1 Å². The lowest BCUT2D eigenvalue weighted by Crippen LogP contribution is -1.91. The predicted octanol–water partition coefficient (Wildman–Crippen LogP) is 5.79. The summed E-state index contributed by atoms with van der Waals surface area (Å²) in [7, 11) is 0. The summed E-state index contributed by atoms with van der Waals surface area (Å²) in [5, 5.41) is 12.0. The minimum absolute atomic E-state index is 0.0891. The summed E-state index contributed by atoms with van der Waals surface area (Å²) >= 11 is 0. The first-order valence-electron chi connectivity index (χ1n) is 8.33. The molecule has 0 aliphatic rings. The summed E-state index contributed by atoms with van der Waals surface area (Å²) in [5.74, 6) is 0. The Balaban J connectivity index is 1.96. The van der Waals surface area contributed by atoms with Crippen LogP contribution >= 0.6 is 0 Å². The monoisotopic (exact) mass is 340 g/mol. The molecule has 1 heterocycles. The van der Waals surface area contributed by atoms with Crippen LogP contribution in [0, 0.1) is 17.0 Å². The molecule has 0 bridgehead atoms. The fraction of sp³-hybridized carbons (Fsp3) is 0.0455. The van der Waals surface area contributed by atoms with Crippen molar-refractivity contribution in [3.8, 4) is 22.4 Å². The maximum atomic E-state index is 10.9. The van der Waals surface area contributed by atoms with Crippen LogP contribution in [0.3, 0.4) is 0 Å². The van der Waals surface area contributed by atoms with Crippen LogP contribution in [0.4, 0.5) is 5.69 Å². The lowest BCUT2D eigenvalue weighted by Gasteiger charge is -2.11. The largest absolute Gasteiger partial charge is 0.269 e. The molecule has 4 rings (SSSR count). The number of nitro benzene ring substituents is 1. The van der Waals surface area contributed by atoms with Crippen LogP contribution < -0.4 is 0 Å². The third kappa shape index (κ3) is 2.93. The second-order valence-electron chi connectivity index (χ2n) is 6.25. The van der Waals surface area contributed by atoms with Gasteiger partial charge in [0.15, 0.2) is 0 Å². The van der Waals surface area contributed by atoms with E-state index in [9.17, 15) is 10.1 Å². The summed E-state index contributed by atoms with van der Waals surface area (Å²) in [5.41, 5.74) is 6.03. The van der Waals surface area contributed by atoms with Gasteiger partial charge in [0.25, 0.3) is 5.69 Å². The van der Waals surface area contributed by atoms with E-state index < -0.39 is 0 Å². The first-order valence-corrected chi connectivity index (χ1v) is 8.33. The van der Waals surface area contributed by atoms with Gasteiger partial charge >= 0.3 is 0 Å². The second-order valence-corrected chi connectivity index (χ2v) is 6.25. The summed E-state index contributed by atoms with van der Waals surface area (Å²) in [6.45, 7) is 2.04. The molecule has 0 atom stereocenters. The van der Waals surface area contributed by atoms with Gasteiger partial charge in [0.05, 0.1) is 16.1 Å². The van der Waals surface area contributed by atoms with Gasteiger partial charge in [0.2, 0.25) is 0 Å². The molecule has 126 valence electrons. The number of hydrogen-bond acceptors (Lipinski definition) is 3. The van der Waals surface area contributed by atoms with Crippen LogP contribution in [-0.4, -0.2) is 9.91 Å². The molecule has 0 N–H and O–H groups in total. The van der Waals surface area contributed by atoms with Gasteiger partial charge in [-0.1, -0.05) is 42.5 Å². The maximum Gasteiger partial charge on any atom is 0.269 e. The fourth-order valence-electron chi connectivity index (χ4n) is 3.10. The molecule has 0 radical (unpaired) electrons. The van der Waals surface area contributed by atoms with Gasteiger partial charge in [-0.05, 0) is 47.9 Å². The van der Waals surface area contributed by atoms with E-state index in [1.54, 1.807) is 12.1 Å². The predicted molar refractivity (Wildman–Crippen MR) is 104 cm³/mol. The van der Waals surface area contributed by atoms with Gasteiger partial charge in [-0.2, -0.15) is 0 Å². The summed E-state index contributed by atoms with van der Waals surface area (Å²) in [6.07, 6.45) is 0. The van der Waals surface area contributed by atoms with Crippen molar-refractivity contribution in [3.05, 3.63) is 94.5 Å². The Morgan fingerprint density at radius 1 is 0.846 bits per heavy atom. The van der Waals surface area contributed by atoms with Crippen molar-refractivity contribution in [2.45, 2.75) is 6.92 Å². The van der Waals surface area contributed by atoms with E-state index >= 15 is 0 Å². The quantitative estimate of drug-likeness (QED) is 0.350. The van der Waals surface area contributed by atoms with Gasteiger partial charge in [-0.25, -0.2) is 4.98 Å². The Hall–Kier alpha value is -3.53. The van der Waals surface area contributed by atoms with Crippen molar-refractivity contribution < 1.29 is 4.92 Å². The zero-order chi connectivity index (χ0) is 18.1. The normalized spacial score (nSPS) is 10.8. The number of nitro groups is 1. The molecule has 4 aromatic rings. The van der Waals surface area contributed by atoms with Gasteiger partial charge in [-0.3, -0.25) is 10.1 Å². The van der Waals surface area contributed by atoms with Crippen molar-refractivity contribution in [2.24, 2.45) is 0 Å². The highest BCUT2D eigenvalue weighted by Gasteiger charge is 2.11. The number of aryl methyl sites for hydroxylation is 1. The van der Waals surface area contributed by atoms with Gasteiger partial charge < -0.3 is 0 Å². The third-order valence-corrected chi connectivity index (χ3v) is 4.42. The maximum absolute atomic E-state index is 10.9. The summed E-state index contributed by atoms with van der Waals surface area (Å²) in [6, 6.07) is 24.9. The molecule has 0 spiro atoms. The van der Waals surface area contributed by atoms with Crippen molar-refractivity contribution in [2.75, 3.05) is 0 Å². The standard InChI is InChI=1S/C22H16N2O2/c1-15-7-12-19-20(16-8-10-18(11-9-16)24(25)26)14-21(23-22(19)13-15)17-5-3-2-4-6-17/h2-14H,1H3. The molecule has 0 saturated carbocycles. The van der Waals surface area contributed by atoms with Gasteiger partial charge in [-0.15, -0.1) is 0 Å². The Morgan fingerprint density at radius 2 is 1.58 bits per heavy atom. The Kier molecular flexibility index (Phi) is 3.93. The molecule has 0 unspecified atom stereocenters. The molecule has 4 nitrogen and oxygen atoms in total. The highest BCUT2D eigenvalue weighted by molar-refractivity contribution is 5.97. The van der Waals surface area contributed by atoms with Crippen LogP contribution in [0.2, 0.25) is 0 Å². The van der Waals surface area contributed by atoms with Crippen molar-refractivity contribution >= 4 is 16.6 Å². The molecule has 0 aliphatic heterocycles. The minimum Gasteiger partial charge on any atom is -0.258 e. The van der Waals surface area contributed by atoms with Crippen molar-refractivity contribution in [3.63, 3.8) is 0 Å². The zero-order valence-corrected chi connectivity index (χ0v) is 14.2. The molecule has 1 aromatic heterocycles. The lowest BCUT2D eigenvalue weighted by molar-refractivity contribution is -0.384. The van der Waals surface area contributed by atoms with E-state index in [-0.39, 0.29) is 10.6 Å². The molecule has 3 aromatic carbocycles. The Bertz CT molecular complexity index is 1100. The summed E-state index contributed by atoms with van der Waals surface area (Å²) < 4.78 is 0. The number of non-ortho nitro benzene ring substituents is 1. The smallest absolute Gasteiger partial charge is 0.258 e. The molecular weight excluding hydrogens is 324 g/mol. The van der Waals surface area contributed by atoms with E-state index in [1.807, 2.05) is 43.3 Å². The van der Waals surface area contributed by atoms with Crippen LogP contribution in [0.15, 0.2) is 78.9 Å². The number of hydrogen-bond donors (Lipinski definition) is 0. The minimum atomic E-state index is -0.382. The first kappa shape index (κ1) is 16.0. The Labute approximate surface area is 150 Å². The van der Waals surface area contributed by atoms with Crippen LogP contribution in [0.25, 0.3) is 33.3 Å². The van der Waals surface area contributed by atoms with E-state index in [0.717, 1.165) is 38.9 Å². The molecule has 26 heavy (non-hydrogen) atoms. The Morgan fingerprint density at radius 3 is 2.27 bits per heavy atom. The molecule has 0 amide bonds. The highest BCUT2D eigenvalue weighted by Crippen LogP contribution is 2.33. The molecule has 0 aliphatic carbocycles. The van der Waals surface area contributed by atoms with E-state index in [1.165, 1.54) is 12.1 Å². The fourth-order valence-corrected chi connectivity index (χ4v) is 3.10. The number of fused-ring (bicyclic) bond motifs is 1. The zero-order valence-electron chi connectivity index (χ0n) is 14.2. The molecular formula is C22H16N2O2. The average molecular weight is 340 g/mol. The second kappa shape index (κ2) is 6.41. The number of nitrogens with zero attached hydrogens (tertiary/aromatic N) is 2. The van der Waals surface area contributed by atoms with Gasteiger partial charge in [0.1, 0.15) is 0 Å². The molecule has 4 heteroatoms. The third-order valence-electron chi connectivity index (χ3n) is 4.42. The lowest BCUT2D eigenvalue weighted by atomic mass is 9.97. The van der Waals surface area contributed by atoms with Crippen LogP contribution in [0.1, 0.15) is 5.56 Å². The number of benzene rings is 3. The van der Waals surface area contributed by atoms with Crippen molar-refractivity contribution in [1.82, 2.24) is 4.98 Å².